The highest BCUT2D eigenvalue weighted by molar-refractivity contribution is 5.92. The highest BCUT2D eigenvalue weighted by Gasteiger charge is 2.59. The Kier molecular flexibility index (Phi) is 5.29. The van der Waals surface area contributed by atoms with Gasteiger partial charge in [0.25, 0.3) is 0 Å². The van der Waals surface area contributed by atoms with Gasteiger partial charge in [-0.3, -0.25) is 9.59 Å². The molecule has 7 atom stereocenters. The summed E-state index contributed by atoms with van der Waals surface area (Å²) in [5, 5.41) is 18.5. The van der Waals surface area contributed by atoms with Gasteiger partial charge in [0.2, 0.25) is 0 Å². The van der Waals surface area contributed by atoms with Crippen molar-refractivity contribution in [3.63, 3.8) is 0 Å². The summed E-state index contributed by atoms with van der Waals surface area (Å²) in [6.45, 7) is 5.06. The van der Waals surface area contributed by atoms with E-state index in [1.807, 2.05) is 0 Å². The molecule has 0 heterocycles. The first-order valence-electron chi connectivity index (χ1n) is 11.7. The van der Waals surface area contributed by atoms with Crippen LogP contribution in [0.4, 0.5) is 0 Å². The maximum Gasteiger partial charge on any atom is 0.317 e. The molecule has 4 heteroatoms. The molecule has 0 radical (unpaired) electrons. The molecule has 2 N–H and O–H groups in total. The summed E-state index contributed by atoms with van der Waals surface area (Å²) in [5.41, 5.74) is 0.846. The standard InChI is InChI=1S/C24H38O4/c1-23-13-4-3-5-15(23)6-9-17-19-11-8-16(24(19,2)14-12-20(17)23)7-10-18(21(25)26)22(27)28/h15-20H,3-14H2,1-2H3,(H,25,26)(H,27,28). The van der Waals surface area contributed by atoms with Gasteiger partial charge in [0, 0.05) is 0 Å². The number of carboxylic acid groups (broad SMARTS) is 2. The van der Waals surface area contributed by atoms with Gasteiger partial charge in [-0.1, -0.05) is 26.7 Å². The third kappa shape index (κ3) is 3.10. The van der Waals surface area contributed by atoms with Crippen LogP contribution in [-0.4, -0.2) is 22.2 Å². The fraction of sp³-hybridized carbons (Fsp3) is 0.917. The van der Waals surface area contributed by atoms with E-state index >= 15 is 0 Å². The Hall–Kier alpha value is -1.06. The first kappa shape index (κ1) is 20.2. The number of rotatable bonds is 5. The van der Waals surface area contributed by atoms with Crippen LogP contribution < -0.4 is 0 Å². The minimum Gasteiger partial charge on any atom is -0.481 e. The molecule has 0 amide bonds. The van der Waals surface area contributed by atoms with Crippen LogP contribution in [0.25, 0.3) is 0 Å². The van der Waals surface area contributed by atoms with Crippen molar-refractivity contribution in [3.8, 4) is 0 Å². The lowest BCUT2D eigenvalue weighted by Crippen LogP contribution is -2.52. The lowest BCUT2D eigenvalue weighted by molar-refractivity contribution is -0.155. The highest BCUT2D eigenvalue weighted by atomic mass is 16.4. The third-order valence-electron chi connectivity index (χ3n) is 10.2. The highest BCUT2D eigenvalue weighted by Crippen LogP contribution is 2.67. The number of carboxylic acids is 2. The van der Waals surface area contributed by atoms with Crippen LogP contribution in [0.15, 0.2) is 0 Å². The predicted molar refractivity (Wildman–Crippen MR) is 108 cm³/mol. The number of hydrogen-bond donors (Lipinski definition) is 2. The third-order valence-corrected chi connectivity index (χ3v) is 10.2. The molecule has 0 spiro atoms. The number of aliphatic carboxylic acids is 2. The molecular weight excluding hydrogens is 352 g/mol. The smallest absolute Gasteiger partial charge is 0.317 e. The van der Waals surface area contributed by atoms with E-state index in [4.69, 9.17) is 0 Å². The van der Waals surface area contributed by atoms with Crippen LogP contribution >= 0.6 is 0 Å². The van der Waals surface area contributed by atoms with E-state index < -0.39 is 17.9 Å². The fourth-order valence-corrected chi connectivity index (χ4v) is 8.60. The van der Waals surface area contributed by atoms with Gasteiger partial charge >= 0.3 is 11.9 Å². The van der Waals surface area contributed by atoms with E-state index in [-0.39, 0.29) is 6.42 Å². The summed E-state index contributed by atoms with van der Waals surface area (Å²) in [5.74, 6) is 0.332. The zero-order valence-corrected chi connectivity index (χ0v) is 17.7. The molecule has 4 nitrogen and oxygen atoms in total. The van der Waals surface area contributed by atoms with Crippen LogP contribution in [0.2, 0.25) is 0 Å². The lowest BCUT2D eigenvalue weighted by Gasteiger charge is -2.60. The summed E-state index contributed by atoms with van der Waals surface area (Å²) >= 11 is 0. The van der Waals surface area contributed by atoms with E-state index in [2.05, 4.69) is 13.8 Å². The molecular formula is C24H38O4. The largest absolute Gasteiger partial charge is 0.481 e. The fourth-order valence-electron chi connectivity index (χ4n) is 8.60. The molecule has 0 aliphatic heterocycles. The Balaban J connectivity index is 1.48. The Labute approximate surface area is 169 Å². The van der Waals surface area contributed by atoms with Crippen molar-refractivity contribution in [1.29, 1.82) is 0 Å². The van der Waals surface area contributed by atoms with Crippen molar-refractivity contribution in [2.45, 2.75) is 90.9 Å². The molecule has 4 aliphatic rings. The van der Waals surface area contributed by atoms with Gasteiger partial charge in [-0.05, 0) is 105 Å². The zero-order valence-electron chi connectivity index (χ0n) is 17.7. The monoisotopic (exact) mass is 390 g/mol. The van der Waals surface area contributed by atoms with Crippen LogP contribution in [0, 0.1) is 46.3 Å². The average molecular weight is 391 g/mol. The number of fused-ring (bicyclic) bond motifs is 5. The molecule has 0 bridgehead atoms. The molecule has 4 rings (SSSR count). The van der Waals surface area contributed by atoms with Crippen molar-refractivity contribution in [3.05, 3.63) is 0 Å². The zero-order chi connectivity index (χ0) is 20.1. The van der Waals surface area contributed by atoms with E-state index in [0.717, 1.165) is 36.5 Å². The topological polar surface area (TPSA) is 74.6 Å². The Morgan fingerprint density at radius 1 is 0.857 bits per heavy atom. The van der Waals surface area contributed by atoms with Crippen LogP contribution in [-0.2, 0) is 9.59 Å². The van der Waals surface area contributed by atoms with Crippen molar-refractivity contribution < 1.29 is 19.8 Å². The van der Waals surface area contributed by atoms with Gasteiger partial charge in [-0.2, -0.15) is 0 Å². The van der Waals surface area contributed by atoms with Crippen molar-refractivity contribution >= 4 is 11.9 Å². The molecule has 0 saturated heterocycles. The molecule has 0 aromatic carbocycles. The second-order valence-electron chi connectivity index (χ2n) is 11.0. The van der Waals surface area contributed by atoms with Crippen molar-refractivity contribution in [1.82, 2.24) is 0 Å². The first-order valence-corrected chi connectivity index (χ1v) is 11.7. The van der Waals surface area contributed by atoms with Gasteiger partial charge in [0.15, 0.2) is 5.92 Å². The van der Waals surface area contributed by atoms with Crippen molar-refractivity contribution in [2.75, 3.05) is 0 Å². The average Bonchev–Trinajstić information content (AvgIpc) is 2.97. The Morgan fingerprint density at radius 2 is 1.57 bits per heavy atom. The summed E-state index contributed by atoms with van der Waals surface area (Å²) in [4.78, 5) is 22.6. The normalized spacial score (nSPS) is 45.2. The Bertz CT molecular complexity index is 616. The second-order valence-corrected chi connectivity index (χ2v) is 11.0. The van der Waals surface area contributed by atoms with Gasteiger partial charge < -0.3 is 10.2 Å². The van der Waals surface area contributed by atoms with E-state index in [9.17, 15) is 19.8 Å². The van der Waals surface area contributed by atoms with Crippen molar-refractivity contribution in [2.24, 2.45) is 46.3 Å². The minimum absolute atomic E-state index is 0.283. The van der Waals surface area contributed by atoms with E-state index in [1.165, 1.54) is 57.8 Å². The molecule has 0 aromatic heterocycles. The summed E-state index contributed by atoms with van der Waals surface area (Å²) < 4.78 is 0. The minimum atomic E-state index is -1.24. The van der Waals surface area contributed by atoms with Crippen LogP contribution in [0.3, 0.4) is 0 Å². The molecule has 4 saturated carbocycles. The Morgan fingerprint density at radius 3 is 2.29 bits per heavy atom. The molecule has 4 aliphatic carbocycles. The summed E-state index contributed by atoms with van der Waals surface area (Å²) in [6, 6.07) is 0. The maximum atomic E-state index is 11.3. The predicted octanol–water partition coefficient (Wildman–Crippen LogP) is 5.60. The van der Waals surface area contributed by atoms with E-state index in [1.54, 1.807) is 0 Å². The maximum absolute atomic E-state index is 11.3. The van der Waals surface area contributed by atoms with Gasteiger partial charge in [-0.25, -0.2) is 0 Å². The summed E-state index contributed by atoms with van der Waals surface area (Å²) in [6.07, 6.45) is 14.6. The van der Waals surface area contributed by atoms with Crippen LogP contribution in [0.1, 0.15) is 90.9 Å². The number of carbonyl (C=O) groups is 2. The van der Waals surface area contributed by atoms with Gasteiger partial charge in [-0.15, -0.1) is 0 Å². The second kappa shape index (κ2) is 7.32. The first-order chi connectivity index (χ1) is 13.3. The van der Waals surface area contributed by atoms with E-state index in [0.29, 0.717) is 16.7 Å². The SMILES string of the molecule is CC12CCCCC1CCC1C2CCC2(C)C(CCC(C(=O)O)C(=O)O)CCC12. The molecule has 4 fully saturated rings. The quantitative estimate of drug-likeness (QED) is 0.599. The van der Waals surface area contributed by atoms with Crippen LogP contribution in [0.5, 0.6) is 0 Å². The summed E-state index contributed by atoms with van der Waals surface area (Å²) in [7, 11) is 0. The molecule has 158 valence electrons. The lowest BCUT2D eigenvalue weighted by atomic mass is 9.45. The number of hydrogen-bond acceptors (Lipinski definition) is 2. The van der Waals surface area contributed by atoms with Gasteiger partial charge in [0.05, 0.1) is 0 Å². The molecule has 28 heavy (non-hydrogen) atoms. The molecule has 0 aromatic rings. The molecule has 7 unspecified atom stereocenters. The van der Waals surface area contributed by atoms with Gasteiger partial charge in [0.1, 0.15) is 0 Å².